The van der Waals surface area contributed by atoms with Gasteiger partial charge in [-0.15, -0.1) is 0 Å². The number of nitrogens with one attached hydrogen (secondary N) is 1. The van der Waals surface area contributed by atoms with Gasteiger partial charge in [0.15, 0.2) is 11.5 Å². The summed E-state index contributed by atoms with van der Waals surface area (Å²) in [5.74, 6) is 1.59. The zero-order chi connectivity index (χ0) is 15.2. The van der Waals surface area contributed by atoms with Crippen molar-refractivity contribution in [2.75, 3.05) is 19.0 Å². The molecule has 0 fully saturated rings. The fourth-order valence-corrected chi connectivity index (χ4v) is 2.44. The van der Waals surface area contributed by atoms with E-state index in [1.165, 1.54) is 11.1 Å². The first-order valence-electron chi connectivity index (χ1n) is 7.25. The van der Waals surface area contributed by atoms with Gasteiger partial charge >= 0.3 is 0 Å². The molecular weight excluding hydrogens is 262 g/mol. The van der Waals surface area contributed by atoms with Crippen LogP contribution in [0.15, 0.2) is 36.4 Å². The molecule has 0 spiro atoms. The van der Waals surface area contributed by atoms with Crippen LogP contribution in [0.1, 0.15) is 23.6 Å². The zero-order valence-electron chi connectivity index (χ0n) is 13.2. The Hall–Kier alpha value is -2.16. The molecule has 2 aromatic rings. The number of rotatable bonds is 6. The van der Waals surface area contributed by atoms with Crippen molar-refractivity contribution >= 4 is 5.69 Å². The number of anilines is 1. The summed E-state index contributed by atoms with van der Waals surface area (Å²) in [5, 5.41) is 3.46. The van der Waals surface area contributed by atoms with Gasteiger partial charge in [0.25, 0.3) is 0 Å². The van der Waals surface area contributed by atoms with Crippen LogP contribution in [0.2, 0.25) is 0 Å². The van der Waals surface area contributed by atoms with Crippen LogP contribution in [0.25, 0.3) is 0 Å². The van der Waals surface area contributed by atoms with Crippen molar-refractivity contribution in [3.63, 3.8) is 0 Å². The van der Waals surface area contributed by atoms with Crippen LogP contribution in [-0.2, 0) is 6.54 Å². The highest BCUT2D eigenvalue weighted by Crippen LogP contribution is 2.31. The van der Waals surface area contributed by atoms with Gasteiger partial charge in [0, 0.05) is 17.8 Å². The number of methoxy groups -OCH3 is 1. The molecular formula is C18H23NO2. The van der Waals surface area contributed by atoms with E-state index in [2.05, 4.69) is 43.4 Å². The lowest BCUT2D eigenvalue weighted by atomic mass is 10.1. The van der Waals surface area contributed by atoms with Crippen molar-refractivity contribution < 1.29 is 9.47 Å². The summed E-state index contributed by atoms with van der Waals surface area (Å²) in [4.78, 5) is 0. The second-order valence-corrected chi connectivity index (χ2v) is 5.11. The number of para-hydroxylation sites is 1. The number of hydrogen-bond donors (Lipinski definition) is 1. The Bertz CT molecular complexity index is 588. The summed E-state index contributed by atoms with van der Waals surface area (Å²) >= 11 is 0. The number of aryl methyl sites for hydroxylation is 2. The first-order chi connectivity index (χ1) is 10.1. The standard InChI is InChI=1S/C18H23NO2/c1-5-21-18-15(7-6-8-17(18)20-4)12-19-16-10-13(2)9-14(3)11-16/h6-11,19H,5,12H2,1-4H3. The van der Waals surface area contributed by atoms with Crippen LogP contribution < -0.4 is 14.8 Å². The molecule has 0 aliphatic carbocycles. The lowest BCUT2D eigenvalue weighted by molar-refractivity contribution is 0.308. The smallest absolute Gasteiger partial charge is 0.166 e. The minimum absolute atomic E-state index is 0.622. The van der Waals surface area contributed by atoms with Crippen molar-refractivity contribution in [1.82, 2.24) is 0 Å². The molecule has 0 amide bonds. The van der Waals surface area contributed by atoms with Crippen LogP contribution >= 0.6 is 0 Å². The van der Waals surface area contributed by atoms with E-state index in [4.69, 9.17) is 9.47 Å². The van der Waals surface area contributed by atoms with E-state index in [9.17, 15) is 0 Å². The molecule has 0 saturated carbocycles. The molecule has 0 unspecified atom stereocenters. The van der Waals surface area contributed by atoms with E-state index in [1.807, 2.05) is 19.1 Å². The van der Waals surface area contributed by atoms with Gasteiger partial charge in [-0.3, -0.25) is 0 Å². The first-order valence-corrected chi connectivity index (χ1v) is 7.25. The predicted molar refractivity (Wildman–Crippen MR) is 87.4 cm³/mol. The molecule has 2 aromatic carbocycles. The van der Waals surface area contributed by atoms with E-state index in [0.717, 1.165) is 22.7 Å². The maximum absolute atomic E-state index is 5.73. The average molecular weight is 285 g/mol. The summed E-state index contributed by atoms with van der Waals surface area (Å²) in [7, 11) is 1.67. The van der Waals surface area contributed by atoms with E-state index >= 15 is 0 Å². The van der Waals surface area contributed by atoms with E-state index in [-0.39, 0.29) is 0 Å². The quantitative estimate of drug-likeness (QED) is 0.857. The zero-order valence-corrected chi connectivity index (χ0v) is 13.2. The van der Waals surface area contributed by atoms with Crippen LogP contribution in [0, 0.1) is 13.8 Å². The minimum atomic E-state index is 0.622. The third-order valence-electron chi connectivity index (χ3n) is 3.27. The molecule has 0 bridgehead atoms. The van der Waals surface area contributed by atoms with Crippen LogP contribution in [0.4, 0.5) is 5.69 Å². The maximum Gasteiger partial charge on any atom is 0.166 e. The molecule has 0 heterocycles. The van der Waals surface area contributed by atoms with Gasteiger partial charge < -0.3 is 14.8 Å². The summed E-state index contributed by atoms with van der Waals surface area (Å²) in [5.41, 5.74) is 4.73. The van der Waals surface area contributed by atoms with Crippen molar-refractivity contribution in [2.45, 2.75) is 27.3 Å². The molecule has 21 heavy (non-hydrogen) atoms. The Kier molecular flexibility index (Phi) is 5.09. The Morgan fingerprint density at radius 1 is 1.05 bits per heavy atom. The summed E-state index contributed by atoms with van der Waals surface area (Å²) in [6.45, 7) is 7.52. The maximum atomic E-state index is 5.73. The Morgan fingerprint density at radius 2 is 1.76 bits per heavy atom. The highest BCUT2D eigenvalue weighted by molar-refractivity contribution is 5.52. The number of ether oxygens (including phenoxy) is 2. The van der Waals surface area contributed by atoms with Gasteiger partial charge in [-0.2, -0.15) is 0 Å². The van der Waals surface area contributed by atoms with E-state index in [1.54, 1.807) is 7.11 Å². The molecule has 0 aliphatic heterocycles. The Balaban J connectivity index is 2.19. The molecule has 0 radical (unpaired) electrons. The van der Waals surface area contributed by atoms with Crippen molar-refractivity contribution in [2.24, 2.45) is 0 Å². The van der Waals surface area contributed by atoms with Crippen molar-refractivity contribution in [3.8, 4) is 11.5 Å². The highest BCUT2D eigenvalue weighted by atomic mass is 16.5. The van der Waals surface area contributed by atoms with E-state index < -0.39 is 0 Å². The van der Waals surface area contributed by atoms with Gasteiger partial charge in [-0.25, -0.2) is 0 Å². The third kappa shape index (κ3) is 3.91. The molecule has 0 saturated heterocycles. The van der Waals surface area contributed by atoms with Crippen molar-refractivity contribution in [1.29, 1.82) is 0 Å². The normalized spacial score (nSPS) is 10.3. The van der Waals surface area contributed by atoms with Crippen LogP contribution in [0.3, 0.4) is 0 Å². The number of hydrogen-bond acceptors (Lipinski definition) is 3. The lowest BCUT2D eigenvalue weighted by Crippen LogP contribution is -2.05. The van der Waals surface area contributed by atoms with Gasteiger partial charge in [0.1, 0.15) is 0 Å². The van der Waals surface area contributed by atoms with Gasteiger partial charge in [0.2, 0.25) is 0 Å². The third-order valence-corrected chi connectivity index (χ3v) is 3.27. The summed E-state index contributed by atoms with van der Waals surface area (Å²) in [6, 6.07) is 12.4. The van der Waals surface area contributed by atoms with E-state index in [0.29, 0.717) is 13.2 Å². The largest absolute Gasteiger partial charge is 0.493 e. The Labute approximate surface area is 126 Å². The van der Waals surface area contributed by atoms with Crippen LogP contribution in [0.5, 0.6) is 11.5 Å². The fourth-order valence-electron chi connectivity index (χ4n) is 2.44. The minimum Gasteiger partial charge on any atom is -0.493 e. The average Bonchev–Trinajstić information content (AvgIpc) is 2.45. The van der Waals surface area contributed by atoms with Gasteiger partial charge in [-0.05, 0) is 50.1 Å². The number of benzene rings is 2. The molecule has 0 aromatic heterocycles. The fraction of sp³-hybridized carbons (Fsp3) is 0.333. The second kappa shape index (κ2) is 7.02. The van der Waals surface area contributed by atoms with Gasteiger partial charge in [0.05, 0.1) is 13.7 Å². The molecule has 0 atom stereocenters. The van der Waals surface area contributed by atoms with Gasteiger partial charge in [-0.1, -0.05) is 18.2 Å². The molecule has 2 rings (SSSR count). The highest BCUT2D eigenvalue weighted by Gasteiger charge is 2.10. The first kappa shape index (κ1) is 15.2. The predicted octanol–water partition coefficient (Wildman–Crippen LogP) is 4.32. The molecule has 1 N–H and O–H groups in total. The topological polar surface area (TPSA) is 30.5 Å². The lowest BCUT2D eigenvalue weighted by Gasteiger charge is -2.15. The summed E-state index contributed by atoms with van der Waals surface area (Å²) < 4.78 is 11.1. The van der Waals surface area contributed by atoms with Crippen LogP contribution in [-0.4, -0.2) is 13.7 Å². The SMILES string of the molecule is CCOc1c(CNc2cc(C)cc(C)c2)cccc1OC. The van der Waals surface area contributed by atoms with Crippen molar-refractivity contribution in [3.05, 3.63) is 53.1 Å². The summed E-state index contributed by atoms with van der Waals surface area (Å²) in [6.07, 6.45) is 0. The molecule has 3 heteroatoms. The second-order valence-electron chi connectivity index (χ2n) is 5.11. The monoisotopic (exact) mass is 285 g/mol. The Morgan fingerprint density at radius 3 is 2.38 bits per heavy atom. The molecule has 3 nitrogen and oxygen atoms in total. The molecule has 0 aliphatic rings. The molecule has 112 valence electrons.